The molecule has 0 saturated carbocycles. The number of carbonyl (C=O) groups excluding carboxylic acids is 1. The lowest BCUT2D eigenvalue weighted by atomic mass is 9.79. The molecule has 3 atom stereocenters. The van der Waals surface area contributed by atoms with Crippen LogP contribution in [0.1, 0.15) is 37.7 Å². The monoisotopic (exact) mass is 388 g/mol. The Balaban J connectivity index is 0.00000312. The number of hydrogen-bond acceptors (Lipinski definition) is 4. The Bertz CT molecular complexity index is 652. The van der Waals surface area contributed by atoms with Gasteiger partial charge in [0.15, 0.2) is 0 Å². The smallest absolute Gasteiger partial charge is 0.239 e. The number of rotatable bonds is 6. The Labute approximate surface area is 157 Å². The Morgan fingerprint density at radius 3 is 2.52 bits per heavy atom. The third-order valence-corrected chi connectivity index (χ3v) is 5.89. The van der Waals surface area contributed by atoms with Crippen molar-refractivity contribution in [2.45, 2.75) is 38.1 Å². The van der Waals surface area contributed by atoms with Gasteiger partial charge in [-0.05, 0) is 30.2 Å². The minimum atomic E-state index is -3.09. The Hall–Kier alpha value is -1.11. The first-order chi connectivity index (χ1) is 11.3. The second-order valence-electron chi connectivity index (χ2n) is 6.78. The molecule has 2 rings (SSSR count). The fourth-order valence-corrected chi connectivity index (χ4v) is 4.17. The van der Waals surface area contributed by atoms with Crippen LogP contribution >= 0.6 is 12.4 Å². The fourth-order valence-electron chi connectivity index (χ4n) is 3.48. The third kappa shape index (κ3) is 6.28. The van der Waals surface area contributed by atoms with E-state index < -0.39 is 15.9 Å². The van der Waals surface area contributed by atoms with Crippen LogP contribution in [0.15, 0.2) is 30.3 Å². The van der Waals surface area contributed by atoms with E-state index >= 15 is 0 Å². The molecule has 2 N–H and O–H groups in total. The number of halogens is 1. The molecule has 7 heteroatoms. The summed E-state index contributed by atoms with van der Waals surface area (Å²) in [4.78, 5) is 14.3. The molecule has 25 heavy (non-hydrogen) atoms. The van der Waals surface area contributed by atoms with Gasteiger partial charge >= 0.3 is 0 Å². The Morgan fingerprint density at radius 2 is 1.96 bits per heavy atom. The SMILES string of the molecule is CCC1CN(C(=O)C(N)CCS(C)(=O)=O)CCC1c1ccccc1.Cl. The Kier molecular flexibility index (Phi) is 8.38. The van der Waals surface area contributed by atoms with Gasteiger partial charge in [-0.15, -0.1) is 12.4 Å². The zero-order valence-corrected chi connectivity index (χ0v) is 16.6. The van der Waals surface area contributed by atoms with Crippen molar-refractivity contribution in [3.05, 3.63) is 35.9 Å². The quantitative estimate of drug-likeness (QED) is 0.810. The second kappa shape index (κ2) is 9.55. The first kappa shape index (κ1) is 21.9. The number of piperidine rings is 1. The molecule has 0 spiro atoms. The van der Waals surface area contributed by atoms with Crippen LogP contribution in [0.3, 0.4) is 0 Å². The number of hydrogen-bond donors (Lipinski definition) is 1. The summed E-state index contributed by atoms with van der Waals surface area (Å²) in [5.74, 6) is 0.709. The number of likely N-dealkylation sites (tertiary alicyclic amines) is 1. The van der Waals surface area contributed by atoms with E-state index in [0.717, 1.165) is 12.8 Å². The van der Waals surface area contributed by atoms with Crippen molar-refractivity contribution in [1.29, 1.82) is 0 Å². The van der Waals surface area contributed by atoms with Crippen LogP contribution in [0.25, 0.3) is 0 Å². The summed E-state index contributed by atoms with van der Waals surface area (Å²) in [6, 6.07) is 9.71. The first-order valence-corrected chi connectivity index (χ1v) is 10.6. The van der Waals surface area contributed by atoms with Gasteiger partial charge in [-0.1, -0.05) is 43.7 Å². The largest absolute Gasteiger partial charge is 0.341 e. The molecular formula is C18H29ClN2O3S. The molecule has 0 aliphatic carbocycles. The van der Waals surface area contributed by atoms with Gasteiger partial charge in [-0.25, -0.2) is 8.42 Å². The number of sulfone groups is 1. The average Bonchev–Trinajstić information content (AvgIpc) is 2.58. The first-order valence-electron chi connectivity index (χ1n) is 8.59. The zero-order valence-electron chi connectivity index (χ0n) is 14.9. The molecule has 1 aliphatic rings. The van der Waals surface area contributed by atoms with Crippen molar-refractivity contribution in [2.24, 2.45) is 11.7 Å². The highest BCUT2D eigenvalue weighted by molar-refractivity contribution is 7.90. The summed E-state index contributed by atoms with van der Waals surface area (Å²) in [6.45, 7) is 3.53. The van der Waals surface area contributed by atoms with E-state index in [-0.39, 0.29) is 30.5 Å². The molecule has 142 valence electrons. The minimum Gasteiger partial charge on any atom is -0.341 e. The molecule has 5 nitrogen and oxygen atoms in total. The molecular weight excluding hydrogens is 360 g/mol. The molecule has 1 aromatic rings. The third-order valence-electron chi connectivity index (χ3n) is 4.91. The summed E-state index contributed by atoms with van der Waals surface area (Å²) < 4.78 is 22.5. The summed E-state index contributed by atoms with van der Waals surface area (Å²) in [6.07, 6.45) is 3.28. The van der Waals surface area contributed by atoms with E-state index in [1.807, 2.05) is 11.0 Å². The van der Waals surface area contributed by atoms with Crippen LogP contribution in [0.2, 0.25) is 0 Å². The van der Waals surface area contributed by atoms with Crippen molar-refractivity contribution >= 4 is 28.2 Å². The number of nitrogens with zero attached hydrogens (tertiary/aromatic N) is 1. The summed E-state index contributed by atoms with van der Waals surface area (Å²) in [7, 11) is -3.09. The van der Waals surface area contributed by atoms with Gasteiger partial charge in [0.05, 0.1) is 11.8 Å². The van der Waals surface area contributed by atoms with E-state index in [9.17, 15) is 13.2 Å². The van der Waals surface area contributed by atoms with Crippen molar-refractivity contribution in [3.8, 4) is 0 Å². The summed E-state index contributed by atoms with van der Waals surface area (Å²) in [5, 5.41) is 0. The minimum absolute atomic E-state index is 0. The van der Waals surface area contributed by atoms with Crippen molar-refractivity contribution in [2.75, 3.05) is 25.1 Å². The van der Waals surface area contributed by atoms with Gasteiger partial charge in [0.2, 0.25) is 5.91 Å². The maximum absolute atomic E-state index is 12.5. The summed E-state index contributed by atoms with van der Waals surface area (Å²) >= 11 is 0. The number of carbonyl (C=O) groups is 1. The maximum atomic E-state index is 12.5. The van der Waals surface area contributed by atoms with Gasteiger partial charge < -0.3 is 10.6 Å². The van der Waals surface area contributed by atoms with Gasteiger partial charge in [-0.2, -0.15) is 0 Å². The number of amides is 1. The van der Waals surface area contributed by atoms with E-state index in [4.69, 9.17) is 5.73 Å². The van der Waals surface area contributed by atoms with Crippen LogP contribution in [0, 0.1) is 5.92 Å². The lowest BCUT2D eigenvalue weighted by molar-refractivity contribution is -0.134. The summed E-state index contributed by atoms with van der Waals surface area (Å²) in [5.41, 5.74) is 7.26. The molecule has 1 heterocycles. The van der Waals surface area contributed by atoms with Crippen molar-refractivity contribution in [1.82, 2.24) is 4.90 Å². The predicted octanol–water partition coefficient (Wildman–Crippen LogP) is 2.21. The zero-order chi connectivity index (χ0) is 17.7. The maximum Gasteiger partial charge on any atom is 0.239 e. The molecule has 1 saturated heterocycles. The van der Waals surface area contributed by atoms with Crippen molar-refractivity contribution in [3.63, 3.8) is 0 Å². The van der Waals surface area contributed by atoms with Gasteiger partial charge in [0.1, 0.15) is 9.84 Å². The highest BCUT2D eigenvalue weighted by atomic mass is 35.5. The van der Waals surface area contributed by atoms with E-state index in [0.29, 0.717) is 24.9 Å². The molecule has 1 amide bonds. The Morgan fingerprint density at radius 1 is 1.32 bits per heavy atom. The lowest BCUT2D eigenvalue weighted by Crippen LogP contribution is -2.50. The van der Waals surface area contributed by atoms with Gasteiger partial charge in [0, 0.05) is 19.3 Å². The van der Waals surface area contributed by atoms with E-state index in [2.05, 4.69) is 31.2 Å². The molecule has 0 bridgehead atoms. The standard InChI is InChI=1S/C18H28N2O3S.ClH/c1-3-14-13-20(18(21)17(19)10-12-24(2,22)23)11-9-16(14)15-7-5-4-6-8-15;/h4-8,14,16-17H,3,9-13,19H2,1-2H3;1H. The topological polar surface area (TPSA) is 80.5 Å². The van der Waals surface area contributed by atoms with Crippen LogP contribution in [0.4, 0.5) is 0 Å². The normalized spacial score (nSPS) is 22.1. The second-order valence-corrected chi connectivity index (χ2v) is 9.04. The lowest BCUT2D eigenvalue weighted by Gasteiger charge is -2.39. The van der Waals surface area contributed by atoms with Crippen molar-refractivity contribution < 1.29 is 13.2 Å². The molecule has 1 aromatic carbocycles. The number of benzene rings is 1. The fraction of sp³-hybridized carbons (Fsp3) is 0.611. The molecule has 3 unspecified atom stereocenters. The molecule has 1 aliphatic heterocycles. The van der Waals surface area contributed by atoms with Crippen LogP contribution in [-0.2, 0) is 14.6 Å². The van der Waals surface area contributed by atoms with Gasteiger partial charge in [0.25, 0.3) is 0 Å². The van der Waals surface area contributed by atoms with E-state index in [1.54, 1.807) is 0 Å². The predicted molar refractivity (Wildman–Crippen MR) is 104 cm³/mol. The van der Waals surface area contributed by atoms with Crippen LogP contribution in [0.5, 0.6) is 0 Å². The van der Waals surface area contributed by atoms with E-state index in [1.165, 1.54) is 11.8 Å². The van der Waals surface area contributed by atoms with Crippen LogP contribution < -0.4 is 5.73 Å². The van der Waals surface area contributed by atoms with Crippen LogP contribution in [-0.4, -0.2) is 50.4 Å². The molecule has 1 fully saturated rings. The highest BCUT2D eigenvalue weighted by Crippen LogP contribution is 2.35. The molecule has 0 radical (unpaired) electrons. The molecule has 0 aromatic heterocycles. The number of nitrogens with two attached hydrogens (primary N) is 1. The van der Waals surface area contributed by atoms with Gasteiger partial charge in [-0.3, -0.25) is 4.79 Å². The average molecular weight is 389 g/mol. The highest BCUT2D eigenvalue weighted by Gasteiger charge is 2.33.